The fourth-order valence-corrected chi connectivity index (χ4v) is 1.40. The third-order valence-corrected chi connectivity index (χ3v) is 2.74. The van der Waals surface area contributed by atoms with Crippen molar-refractivity contribution in [2.75, 3.05) is 27.2 Å². The Bertz CT molecular complexity index is 569. The first kappa shape index (κ1) is 17.7. The topological polar surface area (TPSA) is 84.9 Å². The molecule has 0 aromatic heterocycles. The van der Waals surface area contributed by atoms with Crippen LogP contribution < -0.4 is 5.59 Å². The van der Waals surface area contributed by atoms with Crippen molar-refractivity contribution in [1.82, 2.24) is 5.59 Å². The van der Waals surface area contributed by atoms with Gasteiger partial charge in [0.05, 0.1) is 14.1 Å². The van der Waals surface area contributed by atoms with Crippen LogP contribution >= 0.6 is 0 Å². The zero-order chi connectivity index (χ0) is 16.8. The van der Waals surface area contributed by atoms with Gasteiger partial charge in [-0.2, -0.15) is 0 Å². The van der Waals surface area contributed by atoms with Gasteiger partial charge in [-0.1, -0.05) is 18.7 Å². The van der Waals surface area contributed by atoms with Crippen molar-refractivity contribution in [2.45, 2.75) is 6.92 Å². The minimum absolute atomic E-state index is 0.0590. The second-order valence-electron chi connectivity index (χ2n) is 5.32. The largest absolute Gasteiger partial charge is 0.507 e. The average Bonchev–Trinajstić information content (AvgIpc) is 2.45. The van der Waals surface area contributed by atoms with Crippen LogP contribution in [0.15, 0.2) is 36.4 Å². The number of para-hydroxylation sites is 1. The molecule has 0 saturated carbocycles. The lowest BCUT2D eigenvalue weighted by Gasteiger charge is -2.27. The van der Waals surface area contributed by atoms with Gasteiger partial charge in [-0.15, -0.1) is 0 Å². The SMILES string of the molecule is C=C(C)C(=O)OCC[N+](C)(C)NOC(=O)c1ccccc1O. The number of rotatable bonds is 7. The van der Waals surface area contributed by atoms with E-state index < -0.39 is 11.9 Å². The summed E-state index contributed by atoms with van der Waals surface area (Å²) in [6.45, 7) is 5.55. The molecule has 0 saturated heterocycles. The number of ether oxygens (including phenoxy) is 1. The Kier molecular flexibility index (Phi) is 6.09. The molecule has 0 aliphatic carbocycles. The number of nitrogens with zero attached hydrogens (tertiary/aromatic N) is 1. The van der Waals surface area contributed by atoms with Crippen molar-refractivity contribution in [3.05, 3.63) is 42.0 Å². The standard InChI is InChI=1S/C15H20N2O5/c1-11(2)14(19)21-10-9-17(3,4)16-22-15(20)12-7-5-6-8-13(12)18/h5-8,16H,1,9-10H2,2-4H3/p+1. The van der Waals surface area contributed by atoms with E-state index in [0.717, 1.165) is 0 Å². The highest BCUT2D eigenvalue weighted by Gasteiger charge is 2.20. The Morgan fingerprint density at radius 2 is 1.95 bits per heavy atom. The fourth-order valence-electron chi connectivity index (χ4n) is 1.40. The molecule has 1 aromatic rings. The second-order valence-corrected chi connectivity index (χ2v) is 5.32. The Morgan fingerprint density at radius 1 is 1.32 bits per heavy atom. The Labute approximate surface area is 129 Å². The number of benzene rings is 1. The molecular weight excluding hydrogens is 288 g/mol. The van der Waals surface area contributed by atoms with Gasteiger partial charge in [0.15, 0.2) is 0 Å². The number of phenols is 1. The number of hydrogen-bond acceptors (Lipinski definition) is 6. The maximum Gasteiger partial charge on any atom is 0.365 e. The monoisotopic (exact) mass is 309 g/mol. The molecule has 0 spiro atoms. The number of phenolic OH excluding ortho intramolecular Hbond substituents is 1. The van der Waals surface area contributed by atoms with Crippen LogP contribution in [0.5, 0.6) is 5.75 Å². The van der Waals surface area contributed by atoms with Gasteiger partial charge in [-0.25, -0.2) is 14.2 Å². The van der Waals surface area contributed by atoms with Gasteiger partial charge < -0.3 is 14.7 Å². The molecule has 0 atom stereocenters. The van der Waals surface area contributed by atoms with Gasteiger partial charge >= 0.3 is 11.9 Å². The maximum absolute atomic E-state index is 11.8. The first-order valence-electron chi connectivity index (χ1n) is 6.65. The van der Waals surface area contributed by atoms with Crippen LogP contribution in [0.2, 0.25) is 0 Å². The van der Waals surface area contributed by atoms with E-state index in [9.17, 15) is 14.7 Å². The number of esters is 1. The van der Waals surface area contributed by atoms with Crippen LogP contribution in [0.25, 0.3) is 0 Å². The summed E-state index contributed by atoms with van der Waals surface area (Å²) in [4.78, 5) is 28.0. The number of carbonyl (C=O) groups excluding carboxylic acids is 2. The highest BCUT2D eigenvalue weighted by molar-refractivity contribution is 5.92. The van der Waals surface area contributed by atoms with Crippen LogP contribution in [0, 0.1) is 0 Å². The first-order valence-corrected chi connectivity index (χ1v) is 6.65. The molecule has 7 heteroatoms. The molecule has 0 aliphatic heterocycles. The van der Waals surface area contributed by atoms with Crippen molar-refractivity contribution in [1.29, 1.82) is 0 Å². The normalized spacial score (nSPS) is 10.9. The van der Waals surface area contributed by atoms with Crippen molar-refractivity contribution in [3.63, 3.8) is 0 Å². The molecule has 22 heavy (non-hydrogen) atoms. The summed E-state index contributed by atoms with van der Waals surface area (Å²) in [6, 6.07) is 6.07. The van der Waals surface area contributed by atoms with E-state index >= 15 is 0 Å². The molecule has 0 fully saturated rings. The number of likely N-dealkylation sites (N-methyl/N-ethyl adjacent to an activating group) is 1. The summed E-state index contributed by atoms with van der Waals surface area (Å²) in [7, 11) is 3.46. The van der Waals surface area contributed by atoms with Gasteiger partial charge in [-0.3, -0.25) is 0 Å². The zero-order valence-corrected chi connectivity index (χ0v) is 13.0. The van der Waals surface area contributed by atoms with Crippen molar-refractivity contribution in [2.24, 2.45) is 0 Å². The van der Waals surface area contributed by atoms with Crippen molar-refractivity contribution in [3.8, 4) is 5.75 Å². The van der Waals surface area contributed by atoms with Crippen LogP contribution in [0.3, 0.4) is 0 Å². The van der Waals surface area contributed by atoms with Gasteiger partial charge in [-0.05, 0) is 19.1 Å². The average molecular weight is 309 g/mol. The molecule has 0 bridgehead atoms. The lowest BCUT2D eigenvalue weighted by molar-refractivity contribution is -0.958. The Balaban J connectivity index is 2.45. The van der Waals surface area contributed by atoms with Crippen LogP contribution in [0.4, 0.5) is 0 Å². The van der Waals surface area contributed by atoms with E-state index in [1.165, 1.54) is 12.1 Å². The second kappa shape index (κ2) is 7.58. The summed E-state index contributed by atoms with van der Waals surface area (Å²) in [6.07, 6.45) is 0. The first-order chi connectivity index (χ1) is 10.2. The summed E-state index contributed by atoms with van der Waals surface area (Å²) in [5.74, 6) is -1.33. The van der Waals surface area contributed by atoms with E-state index in [2.05, 4.69) is 12.2 Å². The molecule has 2 N–H and O–H groups in total. The third kappa shape index (κ3) is 5.55. The van der Waals surface area contributed by atoms with Gasteiger partial charge in [0.1, 0.15) is 24.5 Å². The minimum Gasteiger partial charge on any atom is -0.507 e. The highest BCUT2D eigenvalue weighted by Crippen LogP contribution is 2.16. The van der Waals surface area contributed by atoms with E-state index in [4.69, 9.17) is 9.57 Å². The molecule has 1 aromatic carbocycles. The third-order valence-electron chi connectivity index (χ3n) is 2.74. The summed E-state index contributed by atoms with van der Waals surface area (Å²) in [5.41, 5.74) is 2.93. The molecule has 0 unspecified atom stereocenters. The van der Waals surface area contributed by atoms with E-state index in [1.807, 2.05) is 0 Å². The molecule has 120 valence electrons. The van der Waals surface area contributed by atoms with Gasteiger partial charge in [0.2, 0.25) is 0 Å². The lowest BCUT2D eigenvalue weighted by Crippen LogP contribution is -2.54. The number of carbonyl (C=O) groups is 2. The highest BCUT2D eigenvalue weighted by atomic mass is 16.7. The molecule has 0 radical (unpaired) electrons. The minimum atomic E-state index is -0.705. The summed E-state index contributed by atoms with van der Waals surface area (Å²) >= 11 is 0. The van der Waals surface area contributed by atoms with Gasteiger partial charge in [0, 0.05) is 11.2 Å². The van der Waals surface area contributed by atoms with E-state index in [0.29, 0.717) is 12.1 Å². The van der Waals surface area contributed by atoms with Crippen molar-refractivity contribution >= 4 is 11.9 Å². The number of aromatic hydroxyl groups is 1. The Hall–Kier alpha value is -2.38. The summed E-state index contributed by atoms with van der Waals surface area (Å²) < 4.78 is 5.05. The van der Waals surface area contributed by atoms with E-state index in [1.54, 1.807) is 33.2 Å². The number of hydrogen-bond donors (Lipinski definition) is 2. The predicted octanol–water partition coefficient (Wildman–Crippen LogP) is 1.16. The molecular formula is C15H21N2O5+. The predicted molar refractivity (Wildman–Crippen MR) is 79.4 cm³/mol. The smallest absolute Gasteiger partial charge is 0.365 e. The quantitative estimate of drug-likeness (QED) is 0.340. The van der Waals surface area contributed by atoms with Crippen LogP contribution in [-0.2, 0) is 14.4 Å². The molecule has 0 heterocycles. The van der Waals surface area contributed by atoms with Crippen LogP contribution in [0.1, 0.15) is 17.3 Å². The Morgan fingerprint density at radius 3 is 2.55 bits per heavy atom. The number of quaternary nitrogens is 1. The molecule has 0 aliphatic rings. The fraction of sp³-hybridized carbons (Fsp3) is 0.333. The van der Waals surface area contributed by atoms with Crippen molar-refractivity contribution < 1.29 is 28.9 Å². The zero-order valence-electron chi connectivity index (χ0n) is 13.0. The number of nitrogens with one attached hydrogen (secondary N) is 1. The lowest BCUT2D eigenvalue weighted by atomic mass is 10.2. The molecule has 0 amide bonds. The summed E-state index contributed by atoms with van der Waals surface area (Å²) in [5, 5.41) is 9.57. The maximum atomic E-state index is 11.8. The van der Waals surface area contributed by atoms with E-state index in [-0.39, 0.29) is 22.5 Å². The molecule has 1 rings (SSSR count). The van der Waals surface area contributed by atoms with Crippen LogP contribution in [-0.4, -0.2) is 48.9 Å². The van der Waals surface area contributed by atoms with Gasteiger partial charge in [0.25, 0.3) is 0 Å². The molecule has 7 nitrogen and oxygen atoms in total.